The number of fused-ring (bicyclic) bond motifs is 1. The van der Waals surface area contributed by atoms with Crippen molar-refractivity contribution in [1.82, 2.24) is 10.2 Å². The van der Waals surface area contributed by atoms with E-state index in [1.807, 2.05) is 0 Å². The summed E-state index contributed by atoms with van der Waals surface area (Å²) in [6.07, 6.45) is -4.48. The number of carbonyl (C=O) groups excluding carboxylic acids is 1. The number of hydrogen-bond acceptors (Lipinski definition) is 3. The van der Waals surface area contributed by atoms with Crippen LogP contribution in [0.4, 0.5) is 29.5 Å². The van der Waals surface area contributed by atoms with Crippen LogP contribution in [0.1, 0.15) is 5.56 Å². The molecule has 0 radical (unpaired) electrons. The quantitative estimate of drug-likeness (QED) is 0.661. The van der Waals surface area contributed by atoms with Gasteiger partial charge in [-0.3, -0.25) is 10.4 Å². The number of hydrogen-bond donors (Lipinski definition) is 3. The van der Waals surface area contributed by atoms with E-state index >= 15 is 0 Å². The van der Waals surface area contributed by atoms with Gasteiger partial charge in [0.2, 0.25) is 0 Å². The molecule has 0 fully saturated rings. The molecule has 0 spiro atoms. The van der Waals surface area contributed by atoms with Gasteiger partial charge in [0.1, 0.15) is 5.75 Å². The minimum Gasteiger partial charge on any atom is -0.497 e. The summed E-state index contributed by atoms with van der Waals surface area (Å²) in [4.78, 5) is 12.1. The van der Waals surface area contributed by atoms with Crippen LogP contribution < -0.4 is 15.4 Å². The number of H-pyrrole nitrogens is 1. The zero-order valence-corrected chi connectivity index (χ0v) is 12.9. The molecule has 0 saturated carbocycles. The molecule has 3 N–H and O–H groups in total. The Morgan fingerprint density at radius 2 is 1.96 bits per heavy atom. The average Bonchev–Trinajstić information content (AvgIpc) is 2.96. The number of aromatic amines is 1. The topological polar surface area (TPSA) is 79.0 Å². The highest BCUT2D eigenvalue weighted by Crippen LogP contribution is 2.31. The lowest BCUT2D eigenvalue weighted by atomic mass is 10.2. The predicted molar refractivity (Wildman–Crippen MR) is 86.7 cm³/mol. The SMILES string of the molecule is COc1ccc2[nH]nc(NC(=O)Nc3cccc(C(F)(F)F)c3)c2c1. The molecule has 25 heavy (non-hydrogen) atoms. The van der Waals surface area contributed by atoms with Crippen LogP contribution in [0, 0.1) is 0 Å². The van der Waals surface area contributed by atoms with Gasteiger partial charge in [0.15, 0.2) is 5.82 Å². The van der Waals surface area contributed by atoms with Crippen LogP contribution in [0.5, 0.6) is 5.75 Å². The lowest BCUT2D eigenvalue weighted by Crippen LogP contribution is -2.20. The van der Waals surface area contributed by atoms with E-state index in [9.17, 15) is 18.0 Å². The Balaban J connectivity index is 1.77. The van der Waals surface area contributed by atoms with E-state index in [0.717, 1.165) is 12.1 Å². The maximum atomic E-state index is 12.7. The van der Waals surface area contributed by atoms with Crippen molar-refractivity contribution in [3.8, 4) is 5.75 Å². The number of anilines is 2. The van der Waals surface area contributed by atoms with Gasteiger partial charge in [-0.2, -0.15) is 18.3 Å². The second-order valence-electron chi connectivity index (χ2n) is 5.14. The van der Waals surface area contributed by atoms with E-state index in [1.165, 1.54) is 19.2 Å². The molecule has 0 atom stereocenters. The first-order valence-corrected chi connectivity index (χ1v) is 7.14. The zero-order valence-electron chi connectivity index (χ0n) is 12.9. The number of carbonyl (C=O) groups is 1. The number of methoxy groups -OCH3 is 1. The third kappa shape index (κ3) is 3.65. The Hall–Kier alpha value is -3.23. The Morgan fingerprint density at radius 1 is 1.16 bits per heavy atom. The molecule has 1 heterocycles. The molecule has 9 heteroatoms. The summed E-state index contributed by atoms with van der Waals surface area (Å²) < 4.78 is 43.2. The minimum absolute atomic E-state index is 0.0183. The number of aromatic nitrogens is 2. The first-order valence-electron chi connectivity index (χ1n) is 7.14. The van der Waals surface area contributed by atoms with Gasteiger partial charge in [0, 0.05) is 11.1 Å². The molecule has 130 valence electrons. The van der Waals surface area contributed by atoms with Crippen molar-refractivity contribution in [3.63, 3.8) is 0 Å². The van der Waals surface area contributed by atoms with Crippen molar-refractivity contribution >= 4 is 28.4 Å². The van der Waals surface area contributed by atoms with Gasteiger partial charge in [-0.25, -0.2) is 4.79 Å². The molecule has 3 rings (SSSR count). The van der Waals surface area contributed by atoms with E-state index < -0.39 is 17.8 Å². The maximum absolute atomic E-state index is 12.7. The van der Waals surface area contributed by atoms with Crippen molar-refractivity contribution in [3.05, 3.63) is 48.0 Å². The van der Waals surface area contributed by atoms with Gasteiger partial charge < -0.3 is 10.1 Å². The van der Waals surface area contributed by atoms with Gasteiger partial charge in [-0.15, -0.1) is 0 Å². The summed E-state index contributed by atoms with van der Waals surface area (Å²) in [5, 5.41) is 12.2. The smallest absolute Gasteiger partial charge is 0.416 e. The standard InChI is InChI=1S/C16H13F3N4O2/c1-25-11-5-6-13-12(8-11)14(23-22-13)21-15(24)20-10-4-2-3-9(7-10)16(17,18)19/h2-8H,1H3,(H3,20,21,22,23,24). The minimum atomic E-state index is -4.48. The first-order chi connectivity index (χ1) is 11.9. The first kappa shape index (κ1) is 16.6. The van der Waals surface area contributed by atoms with Crippen molar-refractivity contribution < 1.29 is 22.7 Å². The van der Waals surface area contributed by atoms with Crippen LogP contribution in [-0.2, 0) is 6.18 Å². The van der Waals surface area contributed by atoms with Crippen LogP contribution in [0.25, 0.3) is 10.9 Å². The predicted octanol–water partition coefficient (Wildman–Crippen LogP) is 4.23. The fourth-order valence-electron chi connectivity index (χ4n) is 2.26. The lowest BCUT2D eigenvalue weighted by Gasteiger charge is -2.10. The monoisotopic (exact) mass is 350 g/mol. The second kappa shape index (κ2) is 6.34. The summed E-state index contributed by atoms with van der Waals surface area (Å²) in [6.45, 7) is 0. The molecule has 0 unspecified atom stereocenters. The fourth-order valence-corrected chi connectivity index (χ4v) is 2.26. The number of ether oxygens (including phenoxy) is 1. The molecular weight excluding hydrogens is 337 g/mol. The highest BCUT2D eigenvalue weighted by molar-refractivity contribution is 6.04. The number of halogens is 3. The molecule has 0 bridgehead atoms. The molecule has 0 saturated heterocycles. The summed E-state index contributed by atoms with van der Waals surface area (Å²) in [5.74, 6) is 0.814. The van der Waals surface area contributed by atoms with Gasteiger partial charge in [0.05, 0.1) is 18.2 Å². The van der Waals surface area contributed by atoms with Crippen molar-refractivity contribution in [2.24, 2.45) is 0 Å². The van der Waals surface area contributed by atoms with Gasteiger partial charge >= 0.3 is 12.2 Å². The number of nitrogens with one attached hydrogen (secondary N) is 3. The van der Waals surface area contributed by atoms with Crippen molar-refractivity contribution in [2.75, 3.05) is 17.7 Å². The van der Waals surface area contributed by atoms with Crippen molar-refractivity contribution in [1.29, 1.82) is 0 Å². The van der Waals surface area contributed by atoms with E-state index in [4.69, 9.17) is 4.74 Å². The molecule has 0 aliphatic carbocycles. The molecule has 2 aromatic carbocycles. The van der Waals surface area contributed by atoms with E-state index in [1.54, 1.807) is 18.2 Å². The third-order valence-corrected chi connectivity index (χ3v) is 3.45. The number of alkyl halides is 3. The molecule has 0 aliphatic heterocycles. The number of benzene rings is 2. The van der Waals surface area contributed by atoms with Gasteiger partial charge in [-0.1, -0.05) is 6.07 Å². The van der Waals surface area contributed by atoms with Crippen LogP contribution in [0.3, 0.4) is 0 Å². The second-order valence-corrected chi connectivity index (χ2v) is 5.14. The fraction of sp³-hybridized carbons (Fsp3) is 0.125. The zero-order chi connectivity index (χ0) is 18.0. The number of amides is 2. The molecule has 6 nitrogen and oxygen atoms in total. The van der Waals surface area contributed by atoms with Crippen LogP contribution in [0.2, 0.25) is 0 Å². The molecule has 3 aromatic rings. The van der Waals surface area contributed by atoms with Crippen LogP contribution in [0.15, 0.2) is 42.5 Å². The highest BCUT2D eigenvalue weighted by Gasteiger charge is 2.30. The Morgan fingerprint density at radius 3 is 2.68 bits per heavy atom. The summed E-state index contributed by atoms with van der Waals surface area (Å²) >= 11 is 0. The van der Waals surface area contributed by atoms with Crippen LogP contribution >= 0.6 is 0 Å². The molecule has 0 aliphatic rings. The Kier molecular flexibility index (Phi) is 4.22. The van der Waals surface area contributed by atoms with Crippen LogP contribution in [-0.4, -0.2) is 23.3 Å². The van der Waals surface area contributed by atoms with Gasteiger partial charge in [0.25, 0.3) is 0 Å². The Bertz CT molecular complexity index is 921. The summed E-state index contributed by atoms with van der Waals surface area (Å²) in [5.41, 5.74) is -0.153. The number of rotatable bonds is 3. The third-order valence-electron chi connectivity index (χ3n) is 3.45. The largest absolute Gasteiger partial charge is 0.497 e. The van der Waals surface area contributed by atoms with E-state index in [0.29, 0.717) is 16.7 Å². The van der Waals surface area contributed by atoms with E-state index in [2.05, 4.69) is 20.8 Å². The van der Waals surface area contributed by atoms with Crippen molar-refractivity contribution in [2.45, 2.75) is 6.18 Å². The normalized spacial score (nSPS) is 11.4. The molecule has 2 amide bonds. The average molecular weight is 350 g/mol. The number of urea groups is 1. The van der Waals surface area contributed by atoms with Gasteiger partial charge in [-0.05, 0) is 36.4 Å². The summed E-state index contributed by atoms with van der Waals surface area (Å²) in [6, 6.07) is 8.79. The molecular formula is C16H13F3N4O2. The Labute approximate surface area is 140 Å². The molecule has 1 aromatic heterocycles. The summed E-state index contributed by atoms with van der Waals surface area (Å²) in [7, 11) is 1.51. The number of nitrogens with zero attached hydrogens (tertiary/aromatic N) is 1. The maximum Gasteiger partial charge on any atom is 0.416 e. The highest BCUT2D eigenvalue weighted by atomic mass is 19.4. The van der Waals surface area contributed by atoms with E-state index in [-0.39, 0.29) is 11.5 Å². The lowest BCUT2D eigenvalue weighted by molar-refractivity contribution is -0.137.